The lowest BCUT2D eigenvalue weighted by atomic mass is 9.93. The lowest BCUT2D eigenvalue weighted by Gasteiger charge is -2.13. The molecule has 0 aliphatic heterocycles. The number of aryl methyl sites for hydroxylation is 2. The Hall–Kier alpha value is -3.55. The SMILES string of the molecule is Cc1[nH]c2c(-c3c(C(=O)O)c(N)[nH]c(=O)c3C(=O)O)cccc2c1C. The Balaban J connectivity index is 2.58. The van der Waals surface area contributed by atoms with Crippen molar-refractivity contribution >= 4 is 28.7 Å². The van der Waals surface area contributed by atoms with Crippen molar-refractivity contribution in [3.8, 4) is 11.1 Å². The predicted octanol–water partition coefficient (Wildman–Crippen LogP) is 2.12. The van der Waals surface area contributed by atoms with Crippen LogP contribution in [0.2, 0.25) is 0 Å². The third-order valence-electron chi connectivity index (χ3n) is 4.29. The molecule has 0 fully saturated rings. The number of aromatic amines is 2. The van der Waals surface area contributed by atoms with Crippen LogP contribution in [0.4, 0.5) is 5.82 Å². The van der Waals surface area contributed by atoms with Gasteiger partial charge in [-0.3, -0.25) is 4.79 Å². The summed E-state index contributed by atoms with van der Waals surface area (Å²) in [4.78, 5) is 40.7. The van der Waals surface area contributed by atoms with Crippen molar-refractivity contribution in [3.05, 3.63) is 50.9 Å². The molecule has 0 spiro atoms. The molecule has 3 rings (SSSR count). The normalized spacial score (nSPS) is 11.0. The molecule has 25 heavy (non-hydrogen) atoms. The maximum Gasteiger partial charge on any atom is 0.342 e. The number of nitrogens with two attached hydrogens (primary N) is 1. The summed E-state index contributed by atoms with van der Waals surface area (Å²) in [6.45, 7) is 3.74. The van der Waals surface area contributed by atoms with E-state index in [1.807, 2.05) is 19.9 Å². The van der Waals surface area contributed by atoms with Gasteiger partial charge in [0.15, 0.2) is 0 Å². The maximum atomic E-state index is 12.1. The largest absolute Gasteiger partial charge is 0.478 e. The Kier molecular flexibility index (Phi) is 3.60. The van der Waals surface area contributed by atoms with Gasteiger partial charge in [0.1, 0.15) is 16.9 Å². The molecule has 0 saturated heterocycles. The number of carbonyl (C=O) groups is 2. The zero-order valence-electron chi connectivity index (χ0n) is 13.4. The van der Waals surface area contributed by atoms with Gasteiger partial charge >= 0.3 is 11.9 Å². The summed E-state index contributed by atoms with van der Waals surface area (Å²) in [5, 5.41) is 19.8. The number of benzene rings is 1. The third kappa shape index (κ3) is 2.35. The van der Waals surface area contributed by atoms with E-state index in [4.69, 9.17) is 5.73 Å². The third-order valence-corrected chi connectivity index (χ3v) is 4.29. The molecule has 6 N–H and O–H groups in total. The fourth-order valence-electron chi connectivity index (χ4n) is 3.01. The maximum absolute atomic E-state index is 12.1. The van der Waals surface area contributed by atoms with Crippen molar-refractivity contribution in [2.45, 2.75) is 13.8 Å². The Morgan fingerprint density at radius 1 is 1.04 bits per heavy atom. The number of anilines is 1. The monoisotopic (exact) mass is 341 g/mol. The first-order chi connectivity index (χ1) is 11.7. The van der Waals surface area contributed by atoms with Gasteiger partial charge in [-0.25, -0.2) is 9.59 Å². The van der Waals surface area contributed by atoms with Crippen LogP contribution in [0.3, 0.4) is 0 Å². The molecule has 2 aromatic heterocycles. The number of carboxylic acid groups (broad SMARTS) is 2. The number of carboxylic acids is 2. The van der Waals surface area contributed by atoms with Gasteiger partial charge in [-0.1, -0.05) is 18.2 Å². The number of pyridine rings is 1. The number of hydrogen-bond donors (Lipinski definition) is 5. The van der Waals surface area contributed by atoms with Crippen molar-refractivity contribution in [1.29, 1.82) is 0 Å². The standard InChI is InChI=1S/C17H15N3O5/c1-6-7(2)19-13-8(6)4-3-5-9(13)10-11(16(22)23)14(18)20-15(21)12(10)17(24)25/h3-5,19H,1-2H3,(H,22,23)(H,24,25)(H3,18,20,21). The van der Waals surface area contributed by atoms with Crippen molar-refractivity contribution in [1.82, 2.24) is 9.97 Å². The number of nitrogens with one attached hydrogen (secondary N) is 2. The van der Waals surface area contributed by atoms with Gasteiger partial charge in [-0.15, -0.1) is 0 Å². The molecule has 128 valence electrons. The Labute approximate surface area is 140 Å². The molecule has 1 aromatic carbocycles. The number of hydrogen-bond acceptors (Lipinski definition) is 4. The van der Waals surface area contributed by atoms with E-state index in [0.717, 1.165) is 16.6 Å². The molecule has 0 radical (unpaired) electrons. The minimum absolute atomic E-state index is 0.215. The second-order valence-electron chi connectivity index (χ2n) is 5.71. The average Bonchev–Trinajstić information content (AvgIpc) is 2.80. The summed E-state index contributed by atoms with van der Waals surface area (Å²) in [6, 6.07) is 5.06. The van der Waals surface area contributed by atoms with Gasteiger partial charge < -0.3 is 25.9 Å². The molecule has 0 atom stereocenters. The van der Waals surface area contributed by atoms with Crippen molar-refractivity contribution in [2.75, 3.05) is 5.73 Å². The van der Waals surface area contributed by atoms with Crippen LogP contribution in [-0.4, -0.2) is 32.1 Å². The van der Waals surface area contributed by atoms with Gasteiger partial charge in [-0.05, 0) is 19.4 Å². The van der Waals surface area contributed by atoms with Gasteiger partial charge in [0.25, 0.3) is 5.56 Å². The van der Waals surface area contributed by atoms with Gasteiger partial charge in [0, 0.05) is 22.2 Å². The lowest BCUT2D eigenvalue weighted by Crippen LogP contribution is -2.24. The molecular formula is C17H15N3O5. The topological polar surface area (TPSA) is 149 Å². The summed E-state index contributed by atoms with van der Waals surface area (Å²) >= 11 is 0. The number of H-pyrrole nitrogens is 2. The first-order valence-electron chi connectivity index (χ1n) is 7.34. The van der Waals surface area contributed by atoms with E-state index < -0.39 is 34.4 Å². The number of fused-ring (bicyclic) bond motifs is 1. The molecular weight excluding hydrogens is 326 g/mol. The Morgan fingerprint density at radius 3 is 2.28 bits per heavy atom. The first-order valence-corrected chi connectivity index (χ1v) is 7.34. The van der Waals surface area contributed by atoms with E-state index in [-0.39, 0.29) is 5.56 Å². The molecule has 0 unspecified atom stereocenters. The summed E-state index contributed by atoms with van der Waals surface area (Å²) in [5.74, 6) is -3.35. The molecule has 8 nitrogen and oxygen atoms in total. The summed E-state index contributed by atoms with van der Waals surface area (Å²) < 4.78 is 0. The Morgan fingerprint density at radius 2 is 1.68 bits per heavy atom. The van der Waals surface area contributed by atoms with Gasteiger partial charge in [0.05, 0.1) is 5.52 Å². The zero-order valence-corrected chi connectivity index (χ0v) is 13.4. The average molecular weight is 341 g/mol. The van der Waals surface area contributed by atoms with E-state index in [1.54, 1.807) is 12.1 Å². The van der Waals surface area contributed by atoms with Crippen molar-refractivity contribution in [2.24, 2.45) is 0 Å². The second-order valence-corrected chi connectivity index (χ2v) is 5.71. The molecule has 0 amide bonds. The second kappa shape index (κ2) is 5.52. The van der Waals surface area contributed by atoms with E-state index in [9.17, 15) is 24.6 Å². The van der Waals surface area contributed by atoms with Crippen LogP contribution in [0.25, 0.3) is 22.0 Å². The van der Waals surface area contributed by atoms with Gasteiger partial charge in [0.2, 0.25) is 0 Å². The molecule has 0 aliphatic carbocycles. The highest BCUT2D eigenvalue weighted by molar-refractivity contribution is 6.11. The molecule has 0 saturated carbocycles. The highest BCUT2D eigenvalue weighted by Gasteiger charge is 2.28. The molecule has 0 aliphatic rings. The molecule has 8 heteroatoms. The highest BCUT2D eigenvalue weighted by Crippen LogP contribution is 2.35. The van der Waals surface area contributed by atoms with Gasteiger partial charge in [-0.2, -0.15) is 0 Å². The van der Waals surface area contributed by atoms with E-state index in [0.29, 0.717) is 11.1 Å². The van der Waals surface area contributed by atoms with Crippen LogP contribution in [0.15, 0.2) is 23.0 Å². The summed E-state index contributed by atoms with van der Waals surface area (Å²) in [6.07, 6.45) is 0. The zero-order chi connectivity index (χ0) is 18.5. The van der Waals surface area contributed by atoms with E-state index in [2.05, 4.69) is 9.97 Å². The quantitative estimate of drug-likeness (QED) is 0.492. The minimum atomic E-state index is -1.53. The predicted molar refractivity (Wildman–Crippen MR) is 92.2 cm³/mol. The fourth-order valence-corrected chi connectivity index (χ4v) is 3.01. The molecule has 0 bridgehead atoms. The van der Waals surface area contributed by atoms with Crippen molar-refractivity contribution in [3.63, 3.8) is 0 Å². The number of aromatic nitrogens is 2. The number of rotatable bonds is 3. The Bertz CT molecular complexity index is 1110. The van der Waals surface area contributed by atoms with Crippen LogP contribution in [0.5, 0.6) is 0 Å². The minimum Gasteiger partial charge on any atom is -0.478 e. The number of para-hydroxylation sites is 1. The number of aromatic carboxylic acids is 2. The van der Waals surface area contributed by atoms with E-state index in [1.165, 1.54) is 0 Å². The van der Waals surface area contributed by atoms with Crippen LogP contribution in [-0.2, 0) is 0 Å². The lowest BCUT2D eigenvalue weighted by molar-refractivity contribution is 0.0695. The summed E-state index contributed by atoms with van der Waals surface area (Å²) in [7, 11) is 0. The van der Waals surface area contributed by atoms with Crippen LogP contribution in [0, 0.1) is 13.8 Å². The fraction of sp³-hybridized carbons (Fsp3) is 0.118. The first kappa shape index (κ1) is 16.3. The van der Waals surface area contributed by atoms with E-state index >= 15 is 0 Å². The number of nitrogen functional groups attached to an aromatic ring is 1. The van der Waals surface area contributed by atoms with Crippen LogP contribution >= 0.6 is 0 Å². The smallest absolute Gasteiger partial charge is 0.342 e. The molecule has 3 aromatic rings. The summed E-state index contributed by atoms with van der Waals surface area (Å²) in [5.41, 5.74) is 6.03. The molecule has 2 heterocycles. The van der Waals surface area contributed by atoms with Crippen LogP contribution < -0.4 is 11.3 Å². The highest BCUT2D eigenvalue weighted by atomic mass is 16.4. The van der Waals surface area contributed by atoms with Crippen molar-refractivity contribution < 1.29 is 19.8 Å². The van der Waals surface area contributed by atoms with Crippen LogP contribution in [0.1, 0.15) is 32.0 Å².